The molecule has 2 aromatic heterocycles. The van der Waals surface area contributed by atoms with E-state index >= 15 is 0 Å². The van der Waals surface area contributed by atoms with Crippen molar-refractivity contribution in [3.8, 4) is 11.1 Å². The largest absolute Gasteiger partial charge is 0.458 e. The third-order valence-corrected chi connectivity index (χ3v) is 7.14. The van der Waals surface area contributed by atoms with Gasteiger partial charge >= 0.3 is 0 Å². The number of benzene rings is 2. The van der Waals surface area contributed by atoms with Crippen molar-refractivity contribution >= 4 is 10.8 Å². The van der Waals surface area contributed by atoms with Gasteiger partial charge in [-0.1, -0.05) is 36.4 Å². The van der Waals surface area contributed by atoms with Crippen molar-refractivity contribution in [1.82, 2.24) is 4.57 Å². The Morgan fingerprint density at radius 1 is 0.969 bits per heavy atom. The highest BCUT2D eigenvalue weighted by Gasteiger charge is 2.39. The van der Waals surface area contributed by atoms with Crippen LogP contribution in [0.25, 0.3) is 21.9 Å². The van der Waals surface area contributed by atoms with Gasteiger partial charge in [0.2, 0.25) is 0 Å². The molecule has 2 bridgehead atoms. The molecule has 4 aromatic rings. The summed E-state index contributed by atoms with van der Waals surface area (Å²) in [5.41, 5.74) is 3.66. The lowest BCUT2D eigenvalue weighted by Crippen LogP contribution is -3.13. The number of likely N-dealkylation sites (tertiary alicyclic amines) is 1. The minimum Gasteiger partial charge on any atom is -0.458 e. The van der Waals surface area contributed by atoms with Crippen molar-refractivity contribution in [2.45, 2.75) is 32.0 Å². The van der Waals surface area contributed by atoms with E-state index in [0.717, 1.165) is 38.4 Å². The van der Waals surface area contributed by atoms with Crippen LogP contribution < -0.4 is 10.5 Å². The molecule has 0 aliphatic carbocycles. The molecule has 1 saturated heterocycles. The zero-order chi connectivity index (χ0) is 21.7. The Balaban J connectivity index is 1.37. The van der Waals surface area contributed by atoms with Crippen LogP contribution in [-0.4, -0.2) is 22.8 Å². The first kappa shape index (κ1) is 19.5. The van der Waals surface area contributed by atoms with E-state index in [1.807, 2.05) is 22.8 Å². The maximum atomic E-state index is 12.8. The minimum absolute atomic E-state index is 0.0635. The number of nitrogens with one attached hydrogen (secondary N) is 1. The van der Waals surface area contributed by atoms with Gasteiger partial charge in [-0.15, -0.1) is 0 Å². The summed E-state index contributed by atoms with van der Waals surface area (Å²) in [5, 5.41) is 11.7. The van der Waals surface area contributed by atoms with Gasteiger partial charge in [0.25, 0.3) is 5.56 Å². The van der Waals surface area contributed by atoms with Gasteiger partial charge in [0.1, 0.15) is 18.9 Å². The van der Waals surface area contributed by atoms with Gasteiger partial charge in [-0.25, -0.2) is 0 Å². The van der Waals surface area contributed by atoms with Gasteiger partial charge in [-0.2, -0.15) is 0 Å². The molecule has 0 saturated carbocycles. The van der Waals surface area contributed by atoms with Crippen molar-refractivity contribution in [3.63, 3.8) is 0 Å². The highest BCUT2D eigenvalue weighted by atomic mass is 16.4. The topological polar surface area (TPSA) is 59.8 Å². The van der Waals surface area contributed by atoms with E-state index < -0.39 is 0 Å². The molecule has 5 nitrogen and oxygen atoms in total. The Labute approximate surface area is 186 Å². The van der Waals surface area contributed by atoms with Crippen molar-refractivity contribution in [1.29, 1.82) is 0 Å². The zero-order valence-corrected chi connectivity index (χ0v) is 18.0. The molecule has 2 aromatic carbocycles. The molecule has 6 rings (SSSR count). The number of nitrogens with zero attached hydrogens (tertiary/aromatic N) is 1. The van der Waals surface area contributed by atoms with Crippen molar-refractivity contribution in [3.05, 3.63) is 94.3 Å². The first-order chi connectivity index (χ1) is 15.7. The smallest absolute Gasteiger partial charge is 0.250 e. The Hall–Kier alpha value is -3.15. The van der Waals surface area contributed by atoms with E-state index in [-0.39, 0.29) is 12.2 Å². The van der Waals surface area contributed by atoms with Crippen LogP contribution in [0.1, 0.15) is 29.6 Å². The number of rotatable bonds is 4. The Bertz CT molecular complexity index is 1350. The average Bonchev–Trinajstić information content (AvgIpc) is 3.27. The highest BCUT2D eigenvalue weighted by molar-refractivity contribution is 5.87. The molecule has 0 radical (unpaired) electrons. The Kier molecular flexibility index (Phi) is 4.74. The van der Waals surface area contributed by atoms with E-state index in [2.05, 4.69) is 42.5 Å². The van der Waals surface area contributed by atoms with Gasteiger partial charge < -0.3 is 19.0 Å². The number of hydrogen-bond donors (Lipinski definition) is 2. The van der Waals surface area contributed by atoms with Gasteiger partial charge in [0.05, 0.1) is 13.1 Å². The lowest BCUT2D eigenvalue weighted by atomic mass is 9.80. The van der Waals surface area contributed by atoms with Gasteiger partial charge in [0, 0.05) is 35.7 Å². The monoisotopic (exact) mass is 427 g/mol. The molecular weight excluding hydrogens is 400 g/mol. The maximum absolute atomic E-state index is 12.8. The molecule has 1 fully saturated rings. The van der Waals surface area contributed by atoms with E-state index in [9.17, 15) is 9.90 Å². The molecule has 2 N–H and O–H groups in total. The minimum atomic E-state index is -0.0635. The molecular formula is C27H27N2O3+. The van der Waals surface area contributed by atoms with Crippen molar-refractivity contribution in [2.24, 2.45) is 5.92 Å². The van der Waals surface area contributed by atoms with Crippen LogP contribution >= 0.6 is 0 Å². The highest BCUT2D eigenvalue weighted by Crippen LogP contribution is 2.37. The molecule has 0 amide bonds. The number of aliphatic hydroxyl groups excluding tert-OH is 1. The van der Waals surface area contributed by atoms with E-state index in [1.54, 1.807) is 6.07 Å². The number of fused-ring (bicyclic) bond motifs is 5. The predicted molar refractivity (Wildman–Crippen MR) is 124 cm³/mol. The molecule has 0 spiro atoms. The summed E-state index contributed by atoms with van der Waals surface area (Å²) in [7, 11) is 0. The molecule has 1 unspecified atom stereocenters. The fourth-order valence-corrected chi connectivity index (χ4v) is 5.83. The molecule has 162 valence electrons. The van der Waals surface area contributed by atoms with Crippen LogP contribution in [0.15, 0.2) is 75.9 Å². The summed E-state index contributed by atoms with van der Waals surface area (Å²) < 4.78 is 7.79. The average molecular weight is 428 g/mol. The normalized spacial score (nSPS) is 22.1. The van der Waals surface area contributed by atoms with Gasteiger partial charge in [-0.3, -0.25) is 4.79 Å². The molecule has 2 aliphatic rings. The van der Waals surface area contributed by atoms with Crippen LogP contribution in [0.5, 0.6) is 0 Å². The number of furan rings is 1. The van der Waals surface area contributed by atoms with E-state index in [1.165, 1.54) is 32.5 Å². The van der Waals surface area contributed by atoms with Crippen LogP contribution in [0, 0.1) is 5.92 Å². The fourth-order valence-electron chi connectivity index (χ4n) is 5.83. The zero-order valence-electron chi connectivity index (χ0n) is 18.0. The summed E-state index contributed by atoms with van der Waals surface area (Å²) in [6, 6.07) is 22.6. The summed E-state index contributed by atoms with van der Waals surface area (Å²) in [5.74, 6) is 2.38. The lowest BCUT2D eigenvalue weighted by Gasteiger charge is -2.41. The fraction of sp³-hybridized carbons (Fsp3) is 0.296. The van der Waals surface area contributed by atoms with Crippen molar-refractivity contribution < 1.29 is 14.4 Å². The van der Waals surface area contributed by atoms with Crippen molar-refractivity contribution in [2.75, 3.05) is 13.1 Å². The quantitative estimate of drug-likeness (QED) is 0.527. The first-order valence-electron chi connectivity index (χ1n) is 11.4. The molecule has 3 atom stereocenters. The second kappa shape index (κ2) is 7.76. The molecule has 32 heavy (non-hydrogen) atoms. The number of aromatic nitrogens is 1. The Morgan fingerprint density at radius 2 is 1.81 bits per heavy atom. The van der Waals surface area contributed by atoms with Crippen LogP contribution in [-0.2, 0) is 19.7 Å². The number of hydrogen-bond acceptors (Lipinski definition) is 3. The van der Waals surface area contributed by atoms with Gasteiger partial charge in [0.15, 0.2) is 5.76 Å². The second-order valence-corrected chi connectivity index (χ2v) is 9.30. The van der Waals surface area contributed by atoms with E-state index in [0.29, 0.717) is 17.6 Å². The maximum Gasteiger partial charge on any atom is 0.250 e. The number of quaternary nitrogens is 1. The summed E-state index contributed by atoms with van der Waals surface area (Å²) >= 11 is 0. The van der Waals surface area contributed by atoms with Crippen LogP contribution in [0.3, 0.4) is 0 Å². The number of piperidine rings is 1. The first-order valence-corrected chi connectivity index (χ1v) is 11.4. The lowest BCUT2D eigenvalue weighted by molar-refractivity contribution is -0.925. The summed E-state index contributed by atoms with van der Waals surface area (Å²) in [4.78, 5) is 14.3. The second-order valence-electron chi connectivity index (χ2n) is 9.30. The number of pyridine rings is 1. The van der Waals surface area contributed by atoms with Crippen LogP contribution in [0.2, 0.25) is 0 Å². The third-order valence-electron chi connectivity index (χ3n) is 7.14. The standard InChI is InChI=1S/C27H26N2O3/c30-17-24-8-7-23(32-24)16-28-13-18-11-22(15-28)27-25(9-10-26(31)29(27)14-18)21-6-5-19-3-1-2-4-20(19)12-21/h1-10,12,18,22,30H,11,13-17H2/p+1/t18-,22+/m0/s1. The number of aliphatic hydroxyl groups is 1. The molecule has 2 aliphatic heterocycles. The van der Waals surface area contributed by atoms with Gasteiger partial charge in [-0.05, 0) is 47.0 Å². The SMILES string of the molecule is O=c1ccc(-c2ccc3ccccc3c2)c2n1C[C@H]1C[C@@H]2C[NH+](Cc2ccc(CO)o2)C1. The third kappa shape index (κ3) is 3.38. The molecule has 4 heterocycles. The van der Waals surface area contributed by atoms with E-state index in [4.69, 9.17) is 4.42 Å². The van der Waals surface area contributed by atoms with Crippen LogP contribution in [0.4, 0.5) is 0 Å². The Morgan fingerprint density at radius 3 is 2.66 bits per heavy atom. The predicted octanol–water partition coefficient (Wildman–Crippen LogP) is 2.96. The summed E-state index contributed by atoms with van der Waals surface area (Å²) in [6.45, 7) is 3.56. The molecule has 5 heteroatoms. The summed E-state index contributed by atoms with van der Waals surface area (Å²) in [6.07, 6.45) is 1.13.